The predicted octanol–water partition coefficient (Wildman–Crippen LogP) is 3.64. The summed E-state index contributed by atoms with van der Waals surface area (Å²) in [6.07, 6.45) is 10.3. The summed E-state index contributed by atoms with van der Waals surface area (Å²) in [5.41, 5.74) is 0.455. The first-order valence-corrected chi connectivity index (χ1v) is 13.1. The van der Waals surface area contributed by atoms with E-state index in [2.05, 4.69) is 14.9 Å². The maximum Gasteiger partial charge on any atom is 0.258 e. The zero-order chi connectivity index (χ0) is 25.0. The number of hydrogen-bond donors (Lipinski definition) is 0. The number of benzene rings is 1. The van der Waals surface area contributed by atoms with Gasteiger partial charge in [-0.3, -0.25) is 9.36 Å². The van der Waals surface area contributed by atoms with Crippen LogP contribution in [-0.4, -0.2) is 47.9 Å². The Kier molecular flexibility index (Phi) is 7.30. The van der Waals surface area contributed by atoms with Crippen LogP contribution in [0.15, 0.2) is 64.7 Å². The van der Waals surface area contributed by atoms with Gasteiger partial charge in [-0.25, -0.2) is 22.8 Å². The van der Waals surface area contributed by atoms with E-state index >= 15 is 0 Å². The molecule has 4 rings (SSSR count). The van der Waals surface area contributed by atoms with Crippen molar-refractivity contribution in [3.05, 3.63) is 76.7 Å². The van der Waals surface area contributed by atoms with Gasteiger partial charge in [-0.15, -0.1) is 0 Å². The largest absolute Gasteiger partial charge is 0.490 e. The molecule has 0 radical (unpaired) electrons. The average Bonchev–Trinajstić information content (AvgIpc) is 2.86. The lowest BCUT2D eigenvalue weighted by Gasteiger charge is -2.32. The monoisotopic (exact) mass is 498 g/mol. The first-order valence-electron chi connectivity index (χ1n) is 11.4. The van der Waals surface area contributed by atoms with Crippen LogP contribution < -0.4 is 15.2 Å². The summed E-state index contributed by atoms with van der Waals surface area (Å²) in [5.74, 6) is 0.164. The molecule has 0 N–H and O–H groups in total. The molecule has 0 saturated carbocycles. The molecule has 0 aliphatic carbocycles. The minimum atomic E-state index is -3.54. The fourth-order valence-electron chi connectivity index (χ4n) is 3.92. The van der Waals surface area contributed by atoms with Crippen molar-refractivity contribution in [3.8, 4) is 11.4 Å². The summed E-state index contributed by atoms with van der Waals surface area (Å²) in [6, 6.07) is 6.46. The van der Waals surface area contributed by atoms with Gasteiger partial charge in [0.2, 0.25) is 5.95 Å². The van der Waals surface area contributed by atoms with Crippen molar-refractivity contribution in [2.45, 2.75) is 37.7 Å². The first-order chi connectivity index (χ1) is 16.8. The summed E-state index contributed by atoms with van der Waals surface area (Å²) in [5, 5.41) is 0. The van der Waals surface area contributed by atoms with Crippen molar-refractivity contribution < 1.29 is 17.5 Å². The van der Waals surface area contributed by atoms with Crippen LogP contribution in [0.2, 0.25) is 0 Å². The van der Waals surface area contributed by atoms with Gasteiger partial charge in [-0.2, -0.15) is 0 Å². The molecular formula is C25H27FN4O4S. The quantitative estimate of drug-likeness (QED) is 0.491. The van der Waals surface area contributed by atoms with E-state index in [1.165, 1.54) is 31.3 Å². The summed E-state index contributed by atoms with van der Waals surface area (Å²) in [4.78, 5) is 23.5. The molecule has 0 unspecified atom stereocenters. The minimum absolute atomic E-state index is 0.0228. The third kappa shape index (κ3) is 5.59. The van der Waals surface area contributed by atoms with Crippen molar-refractivity contribution >= 4 is 21.9 Å². The Labute approximate surface area is 203 Å². The summed E-state index contributed by atoms with van der Waals surface area (Å²) in [6.45, 7) is 4.88. The number of aromatic nitrogens is 3. The van der Waals surface area contributed by atoms with Crippen LogP contribution in [0.3, 0.4) is 0 Å². The van der Waals surface area contributed by atoms with Crippen molar-refractivity contribution in [3.63, 3.8) is 0 Å². The van der Waals surface area contributed by atoms with Crippen LogP contribution in [0.25, 0.3) is 11.8 Å². The highest BCUT2D eigenvalue weighted by molar-refractivity contribution is 7.91. The molecule has 35 heavy (non-hydrogen) atoms. The summed E-state index contributed by atoms with van der Waals surface area (Å²) >= 11 is 0. The van der Waals surface area contributed by atoms with Crippen LogP contribution in [-0.2, 0) is 9.84 Å². The fraction of sp³-hybridized carbons (Fsp3) is 0.320. The van der Waals surface area contributed by atoms with E-state index in [4.69, 9.17) is 4.74 Å². The first kappa shape index (κ1) is 24.6. The van der Waals surface area contributed by atoms with E-state index in [-0.39, 0.29) is 22.4 Å². The number of pyridine rings is 1. The molecule has 8 nitrogen and oxygen atoms in total. The lowest BCUT2D eigenvalue weighted by Crippen LogP contribution is -2.39. The van der Waals surface area contributed by atoms with Crippen LogP contribution in [0.1, 0.15) is 32.3 Å². The second kappa shape index (κ2) is 10.4. The van der Waals surface area contributed by atoms with Crippen LogP contribution in [0, 0.1) is 5.82 Å². The van der Waals surface area contributed by atoms with E-state index in [1.807, 2.05) is 19.1 Å². The number of rotatable bonds is 7. The molecule has 184 valence electrons. The predicted molar refractivity (Wildman–Crippen MR) is 132 cm³/mol. The van der Waals surface area contributed by atoms with Gasteiger partial charge in [0.1, 0.15) is 17.7 Å². The van der Waals surface area contributed by atoms with Gasteiger partial charge >= 0.3 is 0 Å². The maximum absolute atomic E-state index is 14.6. The molecule has 1 aromatic carbocycles. The Morgan fingerprint density at radius 2 is 1.86 bits per heavy atom. The second-order valence-electron chi connectivity index (χ2n) is 8.21. The van der Waals surface area contributed by atoms with Crippen LogP contribution in [0.4, 0.5) is 10.3 Å². The number of ether oxygens (including phenoxy) is 1. The molecule has 10 heteroatoms. The van der Waals surface area contributed by atoms with E-state index in [9.17, 15) is 17.6 Å². The Hall–Kier alpha value is -3.53. The van der Waals surface area contributed by atoms with Gasteiger partial charge in [-0.1, -0.05) is 19.1 Å². The molecule has 1 fully saturated rings. The van der Waals surface area contributed by atoms with E-state index in [0.717, 1.165) is 42.1 Å². The third-order valence-corrected chi connectivity index (χ3v) is 7.59. The third-order valence-electron chi connectivity index (χ3n) is 5.85. The lowest BCUT2D eigenvalue weighted by atomic mass is 10.1. The Balaban J connectivity index is 1.41. The molecule has 1 aliphatic rings. The fourth-order valence-corrected chi connectivity index (χ4v) is 4.81. The molecule has 0 atom stereocenters. The molecular weight excluding hydrogens is 471 g/mol. The average molecular weight is 499 g/mol. The normalized spacial score (nSPS) is 15.0. The topological polar surface area (TPSA) is 94.4 Å². The highest BCUT2D eigenvalue weighted by Gasteiger charge is 2.23. The maximum atomic E-state index is 14.6. The van der Waals surface area contributed by atoms with Gasteiger partial charge in [0, 0.05) is 56.2 Å². The van der Waals surface area contributed by atoms with E-state index in [1.54, 1.807) is 18.5 Å². The molecule has 0 bridgehead atoms. The molecule has 0 amide bonds. The van der Waals surface area contributed by atoms with Gasteiger partial charge in [0.15, 0.2) is 9.84 Å². The SMILES string of the molecule is C/C=C/c1cnc(N2CCC(Oc3ccn(-c4ccc(S(=O)(=O)CC)cc4F)c(=O)c3)CC2)nc1. The van der Waals surface area contributed by atoms with Gasteiger partial charge in [0.05, 0.1) is 16.3 Å². The highest BCUT2D eigenvalue weighted by atomic mass is 32.2. The zero-order valence-electron chi connectivity index (χ0n) is 19.6. The Bertz CT molecular complexity index is 1380. The van der Waals surface area contributed by atoms with Crippen molar-refractivity contribution in [2.24, 2.45) is 0 Å². The number of hydrogen-bond acceptors (Lipinski definition) is 7. The number of sulfone groups is 1. The Morgan fingerprint density at radius 1 is 1.14 bits per heavy atom. The molecule has 3 heterocycles. The number of halogens is 1. The molecule has 0 spiro atoms. The highest BCUT2D eigenvalue weighted by Crippen LogP contribution is 2.22. The number of allylic oxidation sites excluding steroid dienone is 1. The van der Waals surface area contributed by atoms with E-state index in [0.29, 0.717) is 11.7 Å². The molecule has 2 aromatic heterocycles. The molecule has 1 saturated heterocycles. The van der Waals surface area contributed by atoms with Gasteiger partial charge in [-0.05, 0) is 31.2 Å². The van der Waals surface area contributed by atoms with Gasteiger partial charge < -0.3 is 9.64 Å². The number of anilines is 1. The summed E-state index contributed by atoms with van der Waals surface area (Å²) in [7, 11) is -3.54. The standard InChI is InChI=1S/C25H27FN4O4S/c1-3-5-18-16-27-25(28-17-18)29-11-8-19(9-12-29)34-20-10-13-30(24(31)14-20)23-7-6-21(15-22(23)26)35(32,33)4-2/h3,5-7,10,13-17,19H,4,8-9,11-12H2,1-2H3/b5-3+. The smallest absolute Gasteiger partial charge is 0.258 e. The van der Waals surface area contributed by atoms with Gasteiger partial charge in [0.25, 0.3) is 5.56 Å². The molecule has 3 aromatic rings. The summed E-state index contributed by atoms with van der Waals surface area (Å²) < 4.78 is 45.7. The van der Waals surface area contributed by atoms with Crippen molar-refractivity contribution in [1.82, 2.24) is 14.5 Å². The molecule has 1 aliphatic heterocycles. The van der Waals surface area contributed by atoms with E-state index < -0.39 is 21.2 Å². The second-order valence-corrected chi connectivity index (χ2v) is 10.5. The van der Waals surface area contributed by atoms with Crippen LogP contribution in [0.5, 0.6) is 5.75 Å². The van der Waals surface area contributed by atoms with Crippen molar-refractivity contribution in [2.75, 3.05) is 23.7 Å². The number of nitrogens with zero attached hydrogens (tertiary/aromatic N) is 4. The number of piperidine rings is 1. The van der Waals surface area contributed by atoms with Crippen molar-refractivity contribution in [1.29, 1.82) is 0 Å². The van der Waals surface area contributed by atoms with Crippen LogP contribution >= 0.6 is 0 Å². The Morgan fingerprint density at radius 3 is 2.46 bits per heavy atom. The zero-order valence-corrected chi connectivity index (χ0v) is 20.4. The minimum Gasteiger partial charge on any atom is -0.490 e. The lowest BCUT2D eigenvalue weighted by molar-refractivity contribution is 0.170.